The zero-order valence-corrected chi connectivity index (χ0v) is 27.0. The molecule has 0 aliphatic heterocycles. The second-order valence-electron chi connectivity index (χ2n) is 13.2. The fourth-order valence-electron chi connectivity index (χ4n) is 6.31. The molecule has 2 aromatic carbocycles. The van der Waals surface area contributed by atoms with E-state index in [1.54, 1.807) is 0 Å². The van der Waals surface area contributed by atoms with Gasteiger partial charge in [-0.15, -0.1) is 0 Å². The highest BCUT2D eigenvalue weighted by Gasteiger charge is 2.45. The maximum absolute atomic E-state index is 12.3. The molecule has 47 heavy (non-hydrogen) atoms. The molecular formula is C37H48N2O8. The summed E-state index contributed by atoms with van der Waals surface area (Å²) in [4.78, 5) is 16.8. The third kappa shape index (κ3) is 8.56. The number of amides is 1. The van der Waals surface area contributed by atoms with Crippen molar-refractivity contribution < 1.29 is 40.2 Å². The number of ether oxygens (including phenoxy) is 1. The van der Waals surface area contributed by atoms with Crippen LogP contribution in [0.2, 0.25) is 0 Å². The predicted molar refractivity (Wildman–Crippen MR) is 177 cm³/mol. The van der Waals surface area contributed by atoms with E-state index in [1.807, 2.05) is 24.5 Å². The molecule has 2 saturated carbocycles. The molecule has 1 amide bonds. The molecule has 5 atom stereocenters. The average Bonchev–Trinajstić information content (AvgIpc) is 4.04. The van der Waals surface area contributed by atoms with Gasteiger partial charge in [0, 0.05) is 37.0 Å². The summed E-state index contributed by atoms with van der Waals surface area (Å²) < 4.78 is 6.27. The lowest BCUT2D eigenvalue weighted by molar-refractivity contribution is -0.148. The molecule has 10 heteroatoms. The van der Waals surface area contributed by atoms with Crippen molar-refractivity contribution >= 4 is 5.91 Å². The number of hydrogen-bond donors (Lipinski definition) is 7. The number of aromatic nitrogens is 1. The fourth-order valence-corrected chi connectivity index (χ4v) is 6.31. The van der Waals surface area contributed by atoms with E-state index in [2.05, 4.69) is 53.6 Å². The summed E-state index contributed by atoms with van der Waals surface area (Å²) >= 11 is 0. The summed E-state index contributed by atoms with van der Waals surface area (Å²) in [5.41, 5.74) is 7.09. The van der Waals surface area contributed by atoms with Crippen molar-refractivity contribution in [3.8, 4) is 16.9 Å². The van der Waals surface area contributed by atoms with Crippen molar-refractivity contribution in [2.45, 2.75) is 100 Å². The molecule has 2 aliphatic rings. The van der Waals surface area contributed by atoms with Crippen LogP contribution in [0.25, 0.3) is 11.1 Å². The van der Waals surface area contributed by atoms with Crippen LogP contribution in [-0.2, 0) is 16.6 Å². The van der Waals surface area contributed by atoms with Gasteiger partial charge in [-0.3, -0.25) is 9.78 Å². The van der Waals surface area contributed by atoms with E-state index >= 15 is 0 Å². The number of nitrogens with zero attached hydrogens (tertiary/aromatic N) is 1. The Labute approximate surface area is 276 Å². The zero-order chi connectivity index (χ0) is 33.6. The average molecular weight is 649 g/mol. The van der Waals surface area contributed by atoms with Crippen LogP contribution in [-0.4, -0.2) is 91.8 Å². The van der Waals surface area contributed by atoms with Crippen molar-refractivity contribution in [2.24, 2.45) is 0 Å². The number of benzene rings is 2. The summed E-state index contributed by atoms with van der Waals surface area (Å²) in [5, 5.41) is 60.8. The molecule has 2 fully saturated rings. The highest BCUT2D eigenvalue weighted by Crippen LogP contribution is 2.55. The highest BCUT2D eigenvalue weighted by atomic mass is 16.5. The van der Waals surface area contributed by atoms with Crippen molar-refractivity contribution in [3.05, 3.63) is 83.2 Å². The normalized spacial score (nSPS) is 18.5. The van der Waals surface area contributed by atoms with Gasteiger partial charge in [-0.25, -0.2) is 0 Å². The van der Waals surface area contributed by atoms with E-state index in [4.69, 9.17) is 9.84 Å². The summed E-state index contributed by atoms with van der Waals surface area (Å²) in [6.07, 6.45) is 4.09. The lowest BCUT2D eigenvalue weighted by Gasteiger charge is -2.25. The van der Waals surface area contributed by atoms with Crippen molar-refractivity contribution in [2.75, 3.05) is 19.8 Å². The lowest BCUT2D eigenvalue weighted by atomic mass is 9.84. The number of aryl methyl sites for hydroxylation is 2. The number of aliphatic hydroxyl groups excluding tert-OH is 6. The molecule has 7 N–H and O–H groups in total. The van der Waals surface area contributed by atoms with Gasteiger partial charge in [0.2, 0.25) is 0 Å². The molecule has 254 valence electrons. The molecule has 2 aliphatic carbocycles. The first kappa shape index (κ1) is 34.9. The predicted octanol–water partition coefficient (Wildman–Crippen LogP) is 2.67. The van der Waals surface area contributed by atoms with Crippen LogP contribution >= 0.6 is 0 Å². The van der Waals surface area contributed by atoms with Crippen LogP contribution in [0, 0.1) is 6.92 Å². The van der Waals surface area contributed by atoms with Gasteiger partial charge >= 0.3 is 0 Å². The van der Waals surface area contributed by atoms with E-state index in [1.165, 1.54) is 22.3 Å². The second-order valence-corrected chi connectivity index (χ2v) is 13.2. The second kappa shape index (κ2) is 15.7. The first-order valence-electron chi connectivity index (χ1n) is 16.7. The quantitative estimate of drug-likeness (QED) is 0.102. The van der Waals surface area contributed by atoms with E-state index in [9.17, 15) is 30.3 Å². The fraction of sp³-hybridized carbons (Fsp3) is 0.514. The lowest BCUT2D eigenvalue weighted by Crippen LogP contribution is -2.51. The molecule has 3 aromatic rings. The minimum absolute atomic E-state index is 0.0533. The minimum Gasteiger partial charge on any atom is -0.490 e. The number of carbonyl (C=O) groups is 1. The summed E-state index contributed by atoms with van der Waals surface area (Å²) in [7, 11) is 0. The number of pyridine rings is 1. The van der Waals surface area contributed by atoms with Crippen LogP contribution in [0.4, 0.5) is 0 Å². The number of hydrogen-bond acceptors (Lipinski definition) is 9. The topological polar surface area (TPSA) is 173 Å². The Bertz CT molecular complexity index is 1490. The summed E-state index contributed by atoms with van der Waals surface area (Å²) in [5.74, 6) is -0.113. The molecule has 0 spiro atoms. The van der Waals surface area contributed by atoms with Gasteiger partial charge in [-0.2, -0.15) is 0 Å². The summed E-state index contributed by atoms with van der Waals surface area (Å²) in [6, 6.07) is 16.7. The molecule has 10 nitrogen and oxygen atoms in total. The Kier molecular flexibility index (Phi) is 11.7. The summed E-state index contributed by atoms with van der Waals surface area (Å²) in [6.45, 7) is 1.41. The van der Waals surface area contributed by atoms with Crippen LogP contribution in [0.15, 0.2) is 60.9 Å². The van der Waals surface area contributed by atoms with Gasteiger partial charge < -0.3 is 40.7 Å². The molecule has 1 unspecified atom stereocenters. The van der Waals surface area contributed by atoms with Crippen LogP contribution in [0.5, 0.6) is 5.75 Å². The molecule has 1 heterocycles. The van der Waals surface area contributed by atoms with Gasteiger partial charge in [-0.1, -0.05) is 36.4 Å². The van der Waals surface area contributed by atoms with Crippen molar-refractivity contribution in [1.29, 1.82) is 0 Å². The Morgan fingerprint density at radius 3 is 2.47 bits per heavy atom. The van der Waals surface area contributed by atoms with E-state index in [0.29, 0.717) is 18.9 Å². The van der Waals surface area contributed by atoms with E-state index < -0.39 is 36.9 Å². The van der Waals surface area contributed by atoms with Crippen molar-refractivity contribution in [1.82, 2.24) is 10.3 Å². The maximum atomic E-state index is 12.3. The van der Waals surface area contributed by atoms with Crippen LogP contribution in [0.3, 0.4) is 0 Å². The Morgan fingerprint density at radius 1 is 1.00 bits per heavy atom. The first-order valence-corrected chi connectivity index (χ1v) is 16.7. The Hall–Kier alpha value is -3.38. The standard InChI is InChI=1S/C37H48N2O8/c1-23-8-9-25(26(21-40)5-4-17-39-36(46)35(45)34(44)33(43)31(42)22-41)19-24(23)12-14-37(15-16-37)30-20-38-18-13-28(30)29-6-2-3-7-32(29)47-27-10-11-27/h2-3,6-9,13,18-20,26-27,31,33-35,40-45H,4-5,10-12,14-17,21-22H2,1H3,(H,39,46)/t26?,31-,33+,34-,35-/m0/s1. The number of aliphatic hydroxyl groups is 6. The largest absolute Gasteiger partial charge is 0.490 e. The smallest absolute Gasteiger partial charge is 0.251 e. The van der Waals surface area contributed by atoms with Gasteiger partial charge in [0.25, 0.3) is 5.91 Å². The molecule has 1 aromatic heterocycles. The van der Waals surface area contributed by atoms with Gasteiger partial charge in [0.1, 0.15) is 24.1 Å². The number of nitrogens with one attached hydrogen (secondary N) is 1. The SMILES string of the molecule is Cc1ccc(C(CO)CCCNC(=O)[C@@H](O)[C@@H](O)[C@H](O)[C@@H](O)CO)cc1CCC1(c2cnccc2-c2ccccc2OC2CC2)CC1. The molecule has 5 rings (SSSR count). The molecule has 0 radical (unpaired) electrons. The Morgan fingerprint density at radius 2 is 1.77 bits per heavy atom. The first-order chi connectivity index (χ1) is 22.7. The highest BCUT2D eigenvalue weighted by molar-refractivity contribution is 5.81. The minimum atomic E-state index is -1.97. The molecule has 0 bridgehead atoms. The van der Waals surface area contributed by atoms with Gasteiger partial charge in [0.05, 0.1) is 12.7 Å². The van der Waals surface area contributed by atoms with Crippen LogP contribution < -0.4 is 10.1 Å². The number of carbonyl (C=O) groups excluding carboxylic acids is 1. The van der Waals surface area contributed by atoms with E-state index in [0.717, 1.165) is 55.4 Å². The van der Waals surface area contributed by atoms with Crippen LogP contribution in [0.1, 0.15) is 73.1 Å². The van der Waals surface area contributed by atoms with E-state index in [-0.39, 0.29) is 24.5 Å². The van der Waals surface area contributed by atoms with Gasteiger partial charge in [-0.05, 0) is 104 Å². The maximum Gasteiger partial charge on any atom is 0.251 e. The molecular weight excluding hydrogens is 600 g/mol. The molecule has 0 saturated heterocycles. The zero-order valence-electron chi connectivity index (χ0n) is 27.0. The number of para-hydroxylation sites is 1. The van der Waals surface area contributed by atoms with Crippen molar-refractivity contribution in [3.63, 3.8) is 0 Å². The Balaban J connectivity index is 1.20. The number of rotatable bonds is 18. The third-order valence-electron chi connectivity index (χ3n) is 9.73. The monoisotopic (exact) mass is 648 g/mol. The third-order valence-corrected chi connectivity index (χ3v) is 9.73. The van der Waals surface area contributed by atoms with Gasteiger partial charge in [0.15, 0.2) is 6.10 Å².